The van der Waals surface area contributed by atoms with Gasteiger partial charge in [-0.3, -0.25) is 4.79 Å². The maximum atomic E-state index is 11.0. The second-order valence-corrected chi connectivity index (χ2v) is 4.88. The summed E-state index contributed by atoms with van der Waals surface area (Å²) in [6.07, 6.45) is 2.92. The van der Waals surface area contributed by atoms with Crippen molar-refractivity contribution in [3.05, 3.63) is 36.0 Å². The topological polar surface area (TPSA) is 31.2 Å². The Morgan fingerprint density at radius 3 is 2.89 bits per heavy atom. The van der Waals surface area contributed by atoms with Crippen LogP contribution in [-0.4, -0.2) is 24.1 Å². The molecule has 2 aromatic rings. The van der Waals surface area contributed by atoms with Gasteiger partial charge in [-0.25, -0.2) is 0 Å². The van der Waals surface area contributed by atoms with Gasteiger partial charge in [-0.05, 0) is 18.1 Å². The highest BCUT2D eigenvalue weighted by molar-refractivity contribution is 5.96. The van der Waals surface area contributed by atoms with Crippen LogP contribution < -0.4 is 0 Å². The molecule has 0 radical (unpaired) electrons. The summed E-state index contributed by atoms with van der Waals surface area (Å²) in [6.45, 7) is 6.50. The molecule has 96 valence electrons. The minimum atomic E-state index is 0.553. The van der Waals surface area contributed by atoms with E-state index in [4.69, 9.17) is 4.74 Å². The van der Waals surface area contributed by atoms with Gasteiger partial charge in [0.2, 0.25) is 0 Å². The van der Waals surface area contributed by atoms with Gasteiger partial charge in [0.15, 0.2) is 6.29 Å². The van der Waals surface area contributed by atoms with Crippen LogP contribution in [0.3, 0.4) is 0 Å². The zero-order valence-electron chi connectivity index (χ0n) is 10.9. The fraction of sp³-hybridized carbons (Fsp3) is 0.400. The van der Waals surface area contributed by atoms with Crippen molar-refractivity contribution >= 4 is 17.2 Å². The van der Waals surface area contributed by atoms with Crippen molar-refractivity contribution in [1.29, 1.82) is 0 Å². The van der Waals surface area contributed by atoms with Crippen LogP contribution in [0.2, 0.25) is 0 Å². The minimum absolute atomic E-state index is 0.553. The molecule has 0 atom stereocenters. The lowest BCUT2D eigenvalue weighted by atomic mass is 10.1. The van der Waals surface area contributed by atoms with Crippen LogP contribution in [0.5, 0.6) is 0 Å². The van der Waals surface area contributed by atoms with Gasteiger partial charge in [0.05, 0.1) is 12.1 Å². The van der Waals surface area contributed by atoms with E-state index < -0.39 is 0 Å². The lowest BCUT2D eigenvalue weighted by Gasteiger charge is -2.09. The van der Waals surface area contributed by atoms with Crippen molar-refractivity contribution in [2.45, 2.75) is 20.4 Å². The molecule has 0 bridgehead atoms. The predicted octanol–water partition coefficient (Wildman–Crippen LogP) is 3.13. The first kappa shape index (κ1) is 12.8. The van der Waals surface area contributed by atoms with Crippen LogP contribution in [-0.2, 0) is 11.3 Å². The molecule has 0 spiro atoms. The number of aromatic nitrogens is 1. The van der Waals surface area contributed by atoms with E-state index in [-0.39, 0.29) is 0 Å². The molecule has 1 aromatic heterocycles. The van der Waals surface area contributed by atoms with Crippen LogP contribution in [0, 0.1) is 5.92 Å². The quantitative estimate of drug-likeness (QED) is 0.578. The zero-order valence-corrected chi connectivity index (χ0v) is 10.9. The molecule has 0 N–H and O–H groups in total. The summed E-state index contributed by atoms with van der Waals surface area (Å²) in [5, 5.41) is 1.10. The highest BCUT2D eigenvalue weighted by atomic mass is 16.5. The number of nitrogens with zero attached hydrogens (tertiary/aromatic N) is 1. The van der Waals surface area contributed by atoms with Gasteiger partial charge >= 0.3 is 0 Å². The average Bonchev–Trinajstić information content (AvgIpc) is 2.77. The molecule has 1 heterocycles. The summed E-state index contributed by atoms with van der Waals surface area (Å²) in [4.78, 5) is 11.0. The summed E-state index contributed by atoms with van der Waals surface area (Å²) < 4.78 is 7.66. The maximum Gasteiger partial charge on any atom is 0.152 e. The van der Waals surface area contributed by atoms with Gasteiger partial charge in [0, 0.05) is 30.3 Å². The molecule has 0 unspecified atom stereocenters. The minimum Gasteiger partial charge on any atom is -0.379 e. The monoisotopic (exact) mass is 245 g/mol. The Labute approximate surface area is 107 Å². The first-order valence-corrected chi connectivity index (χ1v) is 6.33. The fourth-order valence-corrected chi connectivity index (χ4v) is 2.05. The van der Waals surface area contributed by atoms with E-state index in [1.807, 2.05) is 30.5 Å². The van der Waals surface area contributed by atoms with Crippen LogP contribution in [0.4, 0.5) is 0 Å². The largest absolute Gasteiger partial charge is 0.379 e. The lowest BCUT2D eigenvalue weighted by Crippen LogP contribution is -2.09. The number of hydrogen-bond acceptors (Lipinski definition) is 2. The van der Waals surface area contributed by atoms with Crippen molar-refractivity contribution in [1.82, 2.24) is 4.57 Å². The lowest BCUT2D eigenvalue weighted by molar-refractivity contribution is 0.104. The Morgan fingerprint density at radius 1 is 1.33 bits per heavy atom. The van der Waals surface area contributed by atoms with Crippen LogP contribution in [0.1, 0.15) is 24.2 Å². The van der Waals surface area contributed by atoms with E-state index in [0.717, 1.165) is 35.9 Å². The van der Waals surface area contributed by atoms with Crippen LogP contribution >= 0.6 is 0 Å². The highest BCUT2D eigenvalue weighted by Gasteiger charge is 2.05. The predicted molar refractivity (Wildman–Crippen MR) is 73.0 cm³/mol. The van der Waals surface area contributed by atoms with Crippen molar-refractivity contribution in [3.63, 3.8) is 0 Å². The number of aldehydes is 1. The first-order valence-electron chi connectivity index (χ1n) is 6.33. The van der Waals surface area contributed by atoms with E-state index in [9.17, 15) is 4.79 Å². The molecule has 0 fully saturated rings. The van der Waals surface area contributed by atoms with E-state index in [1.165, 1.54) is 0 Å². The smallest absolute Gasteiger partial charge is 0.152 e. The third-order valence-corrected chi connectivity index (χ3v) is 2.87. The summed E-state index contributed by atoms with van der Waals surface area (Å²) in [7, 11) is 0. The summed E-state index contributed by atoms with van der Waals surface area (Å²) in [5.41, 5.74) is 1.74. The van der Waals surface area contributed by atoms with E-state index in [2.05, 4.69) is 18.4 Å². The van der Waals surface area contributed by atoms with Crippen LogP contribution in [0.15, 0.2) is 30.5 Å². The molecule has 0 aliphatic rings. The SMILES string of the molecule is CC(C)COCCn1ccc2cccc(C=O)c21. The van der Waals surface area contributed by atoms with Crippen molar-refractivity contribution in [2.24, 2.45) is 5.92 Å². The van der Waals surface area contributed by atoms with E-state index in [1.54, 1.807) is 0 Å². The van der Waals surface area contributed by atoms with Gasteiger partial charge in [-0.1, -0.05) is 26.0 Å². The Bertz CT molecular complexity index is 528. The number of para-hydroxylation sites is 1. The highest BCUT2D eigenvalue weighted by Crippen LogP contribution is 2.19. The third-order valence-electron chi connectivity index (χ3n) is 2.87. The number of benzene rings is 1. The van der Waals surface area contributed by atoms with E-state index >= 15 is 0 Å². The van der Waals surface area contributed by atoms with Gasteiger partial charge in [-0.15, -0.1) is 0 Å². The maximum absolute atomic E-state index is 11.0. The molecule has 0 aliphatic carbocycles. The number of rotatable bonds is 6. The molecular formula is C15H19NO2. The molecular weight excluding hydrogens is 226 g/mol. The Balaban J connectivity index is 2.11. The van der Waals surface area contributed by atoms with Gasteiger partial charge in [-0.2, -0.15) is 0 Å². The third kappa shape index (κ3) is 2.79. The Hall–Kier alpha value is -1.61. The summed E-state index contributed by atoms with van der Waals surface area (Å²) in [6, 6.07) is 7.81. The second kappa shape index (κ2) is 5.83. The number of fused-ring (bicyclic) bond motifs is 1. The van der Waals surface area contributed by atoms with Crippen molar-refractivity contribution in [3.8, 4) is 0 Å². The first-order chi connectivity index (χ1) is 8.72. The Morgan fingerprint density at radius 2 is 2.17 bits per heavy atom. The van der Waals surface area contributed by atoms with Crippen molar-refractivity contribution < 1.29 is 9.53 Å². The molecule has 3 heteroatoms. The van der Waals surface area contributed by atoms with Gasteiger partial charge in [0.25, 0.3) is 0 Å². The zero-order chi connectivity index (χ0) is 13.0. The van der Waals surface area contributed by atoms with Gasteiger partial charge in [0.1, 0.15) is 0 Å². The molecule has 1 aromatic carbocycles. The number of carbonyl (C=O) groups excluding carboxylic acids is 1. The van der Waals surface area contributed by atoms with Crippen LogP contribution in [0.25, 0.3) is 10.9 Å². The Kier molecular flexibility index (Phi) is 4.15. The second-order valence-electron chi connectivity index (χ2n) is 4.88. The number of carbonyl (C=O) groups is 1. The molecule has 3 nitrogen and oxygen atoms in total. The number of hydrogen-bond donors (Lipinski definition) is 0. The van der Waals surface area contributed by atoms with Gasteiger partial charge < -0.3 is 9.30 Å². The molecule has 0 saturated heterocycles. The number of ether oxygens (including phenoxy) is 1. The normalized spacial score (nSPS) is 11.3. The molecule has 0 aliphatic heterocycles. The average molecular weight is 245 g/mol. The molecule has 2 rings (SSSR count). The summed E-state index contributed by atoms with van der Waals surface area (Å²) >= 11 is 0. The fourth-order valence-electron chi connectivity index (χ4n) is 2.05. The van der Waals surface area contributed by atoms with E-state index in [0.29, 0.717) is 12.5 Å². The molecule has 0 saturated carbocycles. The molecule has 18 heavy (non-hydrogen) atoms. The van der Waals surface area contributed by atoms with Crippen molar-refractivity contribution in [2.75, 3.05) is 13.2 Å². The summed E-state index contributed by atoms with van der Waals surface area (Å²) in [5.74, 6) is 0.553. The standard InChI is InChI=1S/C15H19NO2/c1-12(2)11-18-9-8-16-7-6-13-4-3-5-14(10-17)15(13)16/h3-7,10,12H,8-9,11H2,1-2H3. The molecule has 0 amide bonds.